The van der Waals surface area contributed by atoms with E-state index in [1.54, 1.807) is 6.20 Å². The van der Waals surface area contributed by atoms with Crippen LogP contribution in [0.25, 0.3) is 10.8 Å². The summed E-state index contributed by atoms with van der Waals surface area (Å²) in [5.74, 6) is -0.852. The predicted octanol–water partition coefficient (Wildman–Crippen LogP) is 3.19. The second kappa shape index (κ2) is 11.4. The summed E-state index contributed by atoms with van der Waals surface area (Å²) in [7, 11) is 0. The first-order chi connectivity index (χ1) is 13.5. The SMILES string of the molecule is CCCCCCCCNC(=O)C(NC(=O)c1nccc2ccccc12)C(C)O. The van der Waals surface area contributed by atoms with Crippen molar-refractivity contribution in [3.63, 3.8) is 0 Å². The Morgan fingerprint density at radius 2 is 1.79 bits per heavy atom. The molecule has 2 aromatic rings. The zero-order chi connectivity index (χ0) is 20.4. The molecule has 0 saturated carbocycles. The first-order valence-electron chi connectivity index (χ1n) is 10.1. The topological polar surface area (TPSA) is 91.3 Å². The Balaban J connectivity index is 1.92. The number of hydrogen-bond donors (Lipinski definition) is 3. The molecular weight excluding hydrogens is 354 g/mol. The van der Waals surface area contributed by atoms with E-state index < -0.39 is 18.1 Å². The third-order valence-electron chi connectivity index (χ3n) is 4.77. The number of nitrogens with zero attached hydrogens (tertiary/aromatic N) is 1. The van der Waals surface area contributed by atoms with Crippen LogP contribution in [0.5, 0.6) is 0 Å². The van der Waals surface area contributed by atoms with Crippen molar-refractivity contribution in [3.05, 3.63) is 42.2 Å². The largest absolute Gasteiger partial charge is 0.391 e. The fraction of sp³-hybridized carbons (Fsp3) is 0.500. The molecule has 0 aliphatic rings. The van der Waals surface area contributed by atoms with Crippen molar-refractivity contribution in [2.45, 2.75) is 64.5 Å². The lowest BCUT2D eigenvalue weighted by Gasteiger charge is -2.21. The molecule has 0 fully saturated rings. The first-order valence-corrected chi connectivity index (χ1v) is 10.1. The molecule has 2 amide bonds. The maximum atomic E-state index is 12.7. The summed E-state index contributed by atoms with van der Waals surface area (Å²) >= 11 is 0. The van der Waals surface area contributed by atoms with E-state index in [4.69, 9.17) is 0 Å². The van der Waals surface area contributed by atoms with Gasteiger partial charge in [-0.05, 0) is 24.8 Å². The number of unbranched alkanes of at least 4 members (excludes halogenated alkanes) is 5. The third kappa shape index (κ3) is 6.30. The minimum atomic E-state index is -1.02. The molecule has 0 bridgehead atoms. The van der Waals surface area contributed by atoms with Gasteiger partial charge in [0.25, 0.3) is 5.91 Å². The van der Waals surface area contributed by atoms with Crippen LogP contribution < -0.4 is 10.6 Å². The summed E-state index contributed by atoms with van der Waals surface area (Å²) in [5, 5.41) is 17.0. The molecule has 2 unspecified atom stereocenters. The number of carbonyl (C=O) groups excluding carboxylic acids is 2. The normalized spacial score (nSPS) is 13.1. The van der Waals surface area contributed by atoms with Crippen molar-refractivity contribution in [1.29, 1.82) is 0 Å². The van der Waals surface area contributed by atoms with Gasteiger partial charge in [-0.25, -0.2) is 0 Å². The molecule has 6 heteroatoms. The number of benzene rings is 1. The Morgan fingerprint density at radius 3 is 2.54 bits per heavy atom. The Morgan fingerprint density at radius 1 is 1.07 bits per heavy atom. The molecule has 3 N–H and O–H groups in total. The van der Waals surface area contributed by atoms with Crippen LogP contribution in [0.3, 0.4) is 0 Å². The first kappa shape index (κ1) is 21.8. The van der Waals surface area contributed by atoms with Crippen LogP contribution in [0.1, 0.15) is 62.9 Å². The predicted molar refractivity (Wildman–Crippen MR) is 111 cm³/mol. The van der Waals surface area contributed by atoms with E-state index in [0.717, 1.165) is 24.6 Å². The number of aliphatic hydroxyl groups is 1. The van der Waals surface area contributed by atoms with Crippen LogP contribution in [0, 0.1) is 0 Å². The van der Waals surface area contributed by atoms with E-state index >= 15 is 0 Å². The molecule has 152 valence electrons. The Hall–Kier alpha value is -2.47. The number of nitrogens with one attached hydrogen (secondary N) is 2. The van der Waals surface area contributed by atoms with Gasteiger partial charge >= 0.3 is 0 Å². The van der Waals surface area contributed by atoms with Gasteiger partial charge in [0.15, 0.2) is 0 Å². The maximum absolute atomic E-state index is 12.7. The average molecular weight is 386 g/mol. The molecule has 2 atom stereocenters. The highest BCUT2D eigenvalue weighted by Gasteiger charge is 2.26. The zero-order valence-corrected chi connectivity index (χ0v) is 16.8. The minimum Gasteiger partial charge on any atom is -0.391 e. The van der Waals surface area contributed by atoms with E-state index in [1.165, 1.54) is 26.2 Å². The number of rotatable bonds is 11. The van der Waals surface area contributed by atoms with Crippen molar-refractivity contribution in [2.75, 3.05) is 6.54 Å². The van der Waals surface area contributed by atoms with Gasteiger partial charge in [0.05, 0.1) is 6.10 Å². The third-order valence-corrected chi connectivity index (χ3v) is 4.77. The summed E-state index contributed by atoms with van der Waals surface area (Å²) in [6, 6.07) is 8.23. The molecule has 0 aliphatic carbocycles. The van der Waals surface area contributed by atoms with Gasteiger partial charge in [0.2, 0.25) is 5.91 Å². The number of hydrogen-bond acceptors (Lipinski definition) is 4. The molecule has 28 heavy (non-hydrogen) atoms. The number of aliphatic hydroxyl groups excluding tert-OH is 1. The van der Waals surface area contributed by atoms with Crippen LogP contribution in [0.2, 0.25) is 0 Å². The van der Waals surface area contributed by atoms with E-state index in [9.17, 15) is 14.7 Å². The van der Waals surface area contributed by atoms with E-state index in [-0.39, 0.29) is 11.6 Å². The second-order valence-electron chi connectivity index (χ2n) is 7.13. The summed E-state index contributed by atoms with van der Waals surface area (Å²) in [6.45, 7) is 4.21. The molecule has 1 aromatic heterocycles. The molecule has 2 rings (SSSR count). The van der Waals surface area contributed by atoms with Crippen molar-refractivity contribution >= 4 is 22.6 Å². The highest BCUT2D eigenvalue weighted by molar-refractivity contribution is 6.06. The van der Waals surface area contributed by atoms with Gasteiger partial charge in [-0.3, -0.25) is 14.6 Å². The van der Waals surface area contributed by atoms with Crippen molar-refractivity contribution in [1.82, 2.24) is 15.6 Å². The lowest BCUT2D eigenvalue weighted by atomic mass is 10.1. The fourth-order valence-corrected chi connectivity index (χ4v) is 3.14. The van der Waals surface area contributed by atoms with Crippen LogP contribution in [0.4, 0.5) is 0 Å². The van der Waals surface area contributed by atoms with Gasteiger partial charge in [0.1, 0.15) is 11.7 Å². The van der Waals surface area contributed by atoms with Crippen LogP contribution >= 0.6 is 0 Å². The van der Waals surface area contributed by atoms with Crippen LogP contribution in [-0.2, 0) is 4.79 Å². The smallest absolute Gasteiger partial charge is 0.271 e. The summed E-state index contributed by atoms with van der Waals surface area (Å²) in [6.07, 6.45) is 7.33. The average Bonchev–Trinajstić information content (AvgIpc) is 2.70. The number of carbonyl (C=O) groups is 2. The Labute approximate surface area is 166 Å². The minimum absolute atomic E-state index is 0.243. The van der Waals surface area contributed by atoms with Crippen molar-refractivity contribution in [2.24, 2.45) is 0 Å². The standard InChI is InChI=1S/C22H31N3O3/c1-3-4-5-6-7-10-14-24-21(27)19(16(2)26)25-22(28)20-18-12-9-8-11-17(18)13-15-23-20/h8-9,11-13,15-16,19,26H,3-7,10,14H2,1-2H3,(H,24,27)(H,25,28). The van der Waals surface area contributed by atoms with E-state index in [1.807, 2.05) is 30.3 Å². The van der Waals surface area contributed by atoms with Crippen molar-refractivity contribution < 1.29 is 14.7 Å². The van der Waals surface area contributed by atoms with Gasteiger partial charge in [-0.15, -0.1) is 0 Å². The number of pyridine rings is 1. The second-order valence-corrected chi connectivity index (χ2v) is 7.13. The lowest BCUT2D eigenvalue weighted by Crippen LogP contribution is -2.52. The molecule has 1 aromatic carbocycles. The summed E-state index contributed by atoms with van der Waals surface area (Å²) in [4.78, 5) is 29.3. The number of amides is 2. The van der Waals surface area contributed by atoms with E-state index in [0.29, 0.717) is 11.9 Å². The Kier molecular flexibility index (Phi) is 8.88. The van der Waals surface area contributed by atoms with Crippen LogP contribution in [-0.4, -0.2) is 40.6 Å². The fourth-order valence-electron chi connectivity index (χ4n) is 3.14. The summed E-state index contributed by atoms with van der Waals surface area (Å²) < 4.78 is 0. The zero-order valence-electron chi connectivity index (χ0n) is 16.8. The number of fused-ring (bicyclic) bond motifs is 1. The number of aromatic nitrogens is 1. The molecule has 0 saturated heterocycles. The maximum Gasteiger partial charge on any atom is 0.271 e. The molecule has 0 spiro atoms. The highest BCUT2D eigenvalue weighted by atomic mass is 16.3. The lowest BCUT2D eigenvalue weighted by molar-refractivity contribution is -0.125. The quantitative estimate of drug-likeness (QED) is 0.518. The van der Waals surface area contributed by atoms with E-state index in [2.05, 4.69) is 22.5 Å². The highest BCUT2D eigenvalue weighted by Crippen LogP contribution is 2.16. The van der Waals surface area contributed by atoms with Crippen molar-refractivity contribution in [3.8, 4) is 0 Å². The van der Waals surface area contributed by atoms with Gasteiger partial charge in [0, 0.05) is 18.1 Å². The molecule has 1 heterocycles. The molecule has 6 nitrogen and oxygen atoms in total. The molecule has 0 radical (unpaired) electrons. The molecular formula is C22H31N3O3. The van der Waals surface area contributed by atoms with Crippen LogP contribution in [0.15, 0.2) is 36.5 Å². The molecule has 0 aliphatic heterocycles. The van der Waals surface area contributed by atoms with Gasteiger partial charge in [-0.1, -0.05) is 63.3 Å². The summed E-state index contributed by atoms with van der Waals surface area (Å²) in [5.41, 5.74) is 0.243. The Bertz CT molecular complexity index is 771. The van der Waals surface area contributed by atoms with Gasteiger partial charge in [-0.2, -0.15) is 0 Å². The monoisotopic (exact) mass is 385 g/mol. The van der Waals surface area contributed by atoms with Gasteiger partial charge < -0.3 is 15.7 Å².